The van der Waals surface area contributed by atoms with E-state index in [1.807, 2.05) is 29.8 Å². The number of hydrogen-bond acceptors (Lipinski definition) is 6. The Labute approximate surface area is 90.0 Å². The zero-order valence-corrected chi connectivity index (χ0v) is 9.52. The van der Waals surface area contributed by atoms with Crippen LogP contribution in [-0.2, 0) is 0 Å². The second-order valence-electron chi connectivity index (χ2n) is 2.98. The molecule has 0 saturated carbocycles. The van der Waals surface area contributed by atoms with Crippen molar-refractivity contribution in [3.63, 3.8) is 0 Å². The summed E-state index contributed by atoms with van der Waals surface area (Å²) in [7, 11) is 3.94. The Morgan fingerprint density at radius 3 is 2.29 bits per heavy atom. The van der Waals surface area contributed by atoms with Crippen LogP contribution in [0.5, 0.6) is 0 Å². The molecule has 0 atom stereocenters. The standard InChI is InChI=1S/C8H10N4S2/c1-12(2)8-11-6(4-14-8)5-3-13-7(9)10-5/h3-4H,1-2H3,(H2,9,10). The predicted molar refractivity (Wildman–Crippen MR) is 62.0 cm³/mol. The molecular weight excluding hydrogens is 216 g/mol. The van der Waals surface area contributed by atoms with E-state index in [9.17, 15) is 0 Å². The van der Waals surface area contributed by atoms with Gasteiger partial charge in [-0.05, 0) is 0 Å². The Kier molecular flexibility index (Phi) is 2.39. The van der Waals surface area contributed by atoms with E-state index in [4.69, 9.17) is 5.73 Å². The molecule has 2 aromatic rings. The summed E-state index contributed by atoms with van der Waals surface area (Å²) in [5, 5.41) is 5.47. The van der Waals surface area contributed by atoms with Gasteiger partial charge in [-0.2, -0.15) is 0 Å². The highest BCUT2D eigenvalue weighted by Crippen LogP contribution is 2.27. The summed E-state index contributed by atoms with van der Waals surface area (Å²) in [4.78, 5) is 10.6. The van der Waals surface area contributed by atoms with E-state index in [2.05, 4.69) is 9.97 Å². The molecule has 0 saturated heterocycles. The van der Waals surface area contributed by atoms with Crippen LogP contribution < -0.4 is 10.6 Å². The lowest BCUT2D eigenvalue weighted by atomic mass is 10.4. The molecule has 0 amide bonds. The Hall–Kier alpha value is -1.14. The number of nitrogens with zero attached hydrogens (tertiary/aromatic N) is 3. The van der Waals surface area contributed by atoms with E-state index < -0.39 is 0 Å². The number of rotatable bonds is 2. The lowest BCUT2D eigenvalue weighted by Crippen LogP contribution is -2.07. The molecule has 14 heavy (non-hydrogen) atoms. The van der Waals surface area contributed by atoms with E-state index >= 15 is 0 Å². The SMILES string of the molecule is CN(C)c1nc(-c2csc(N)n2)cs1. The second-order valence-corrected chi connectivity index (χ2v) is 4.71. The molecule has 0 fully saturated rings. The highest BCUT2D eigenvalue weighted by atomic mass is 32.1. The summed E-state index contributed by atoms with van der Waals surface area (Å²) in [5.74, 6) is 0. The smallest absolute Gasteiger partial charge is 0.185 e. The Morgan fingerprint density at radius 2 is 1.79 bits per heavy atom. The van der Waals surface area contributed by atoms with Crippen LogP contribution in [0, 0.1) is 0 Å². The quantitative estimate of drug-likeness (QED) is 0.850. The highest BCUT2D eigenvalue weighted by Gasteiger charge is 2.08. The van der Waals surface area contributed by atoms with Crippen LogP contribution in [0.25, 0.3) is 11.4 Å². The van der Waals surface area contributed by atoms with Crippen LogP contribution in [0.2, 0.25) is 0 Å². The molecule has 0 aromatic carbocycles. The summed E-state index contributed by atoms with van der Waals surface area (Å²) in [6.07, 6.45) is 0. The summed E-state index contributed by atoms with van der Waals surface area (Å²) >= 11 is 3.03. The van der Waals surface area contributed by atoms with Crippen molar-refractivity contribution in [3.05, 3.63) is 10.8 Å². The molecule has 2 aromatic heterocycles. The van der Waals surface area contributed by atoms with Crippen LogP contribution in [0.1, 0.15) is 0 Å². The first-order valence-corrected chi connectivity index (χ1v) is 5.77. The van der Waals surface area contributed by atoms with E-state index in [1.165, 1.54) is 11.3 Å². The van der Waals surface area contributed by atoms with Crippen molar-refractivity contribution in [1.29, 1.82) is 0 Å². The van der Waals surface area contributed by atoms with Gasteiger partial charge in [-0.1, -0.05) is 0 Å². The van der Waals surface area contributed by atoms with Crippen LogP contribution in [0.3, 0.4) is 0 Å². The van der Waals surface area contributed by atoms with Crippen molar-refractivity contribution in [3.8, 4) is 11.4 Å². The van der Waals surface area contributed by atoms with Gasteiger partial charge in [0.25, 0.3) is 0 Å². The Bertz CT molecular complexity index is 432. The zero-order valence-electron chi connectivity index (χ0n) is 7.89. The Balaban J connectivity index is 2.33. The average Bonchev–Trinajstić information content (AvgIpc) is 2.70. The number of nitrogen functional groups attached to an aromatic ring is 1. The van der Waals surface area contributed by atoms with Crippen molar-refractivity contribution in [2.45, 2.75) is 0 Å². The molecule has 0 bridgehead atoms. The van der Waals surface area contributed by atoms with Crippen LogP contribution in [-0.4, -0.2) is 24.1 Å². The summed E-state index contributed by atoms with van der Waals surface area (Å²) in [6.45, 7) is 0. The van der Waals surface area contributed by atoms with Crippen LogP contribution >= 0.6 is 22.7 Å². The zero-order chi connectivity index (χ0) is 10.1. The van der Waals surface area contributed by atoms with Crippen molar-refractivity contribution in [1.82, 2.24) is 9.97 Å². The van der Waals surface area contributed by atoms with Crippen molar-refractivity contribution < 1.29 is 0 Å². The fourth-order valence-corrected chi connectivity index (χ4v) is 2.30. The number of thiazole rings is 2. The molecule has 0 spiro atoms. The molecule has 6 heteroatoms. The summed E-state index contributed by atoms with van der Waals surface area (Å²) < 4.78 is 0. The van der Waals surface area contributed by atoms with Crippen LogP contribution in [0.15, 0.2) is 10.8 Å². The van der Waals surface area contributed by atoms with Gasteiger partial charge in [-0.3, -0.25) is 0 Å². The first kappa shape index (κ1) is 9.42. The molecule has 0 aliphatic rings. The molecular formula is C8H10N4S2. The normalized spacial score (nSPS) is 10.4. The van der Waals surface area contributed by atoms with Crippen molar-refractivity contribution >= 4 is 32.9 Å². The first-order chi connectivity index (χ1) is 6.66. The van der Waals surface area contributed by atoms with E-state index in [-0.39, 0.29) is 0 Å². The van der Waals surface area contributed by atoms with Gasteiger partial charge in [-0.15, -0.1) is 22.7 Å². The van der Waals surface area contributed by atoms with Gasteiger partial charge >= 0.3 is 0 Å². The minimum atomic E-state index is 0.583. The fourth-order valence-electron chi connectivity index (χ4n) is 0.993. The monoisotopic (exact) mass is 226 g/mol. The fraction of sp³-hybridized carbons (Fsp3) is 0.250. The van der Waals surface area contributed by atoms with Gasteiger partial charge in [0.2, 0.25) is 0 Å². The molecule has 4 nitrogen and oxygen atoms in total. The summed E-state index contributed by atoms with van der Waals surface area (Å²) in [5.41, 5.74) is 7.31. The molecule has 74 valence electrons. The maximum Gasteiger partial charge on any atom is 0.185 e. The minimum Gasteiger partial charge on any atom is -0.375 e. The largest absolute Gasteiger partial charge is 0.375 e. The minimum absolute atomic E-state index is 0.583. The van der Waals surface area contributed by atoms with Crippen molar-refractivity contribution in [2.75, 3.05) is 24.7 Å². The molecule has 0 unspecified atom stereocenters. The van der Waals surface area contributed by atoms with Crippen LogP contribution in [0.4, 0.5) is 10.3 Å². The number of aromatic nitrogens is 2. The number of hydrogen-bond donors (Lipinski definition) is 1. The maximum atomic E-state index is 5.56. The van der Waals surface area contributed by atoms with E-state index in [1.54, 1.807) is 11.3 Å². The molecule has 2 heterocycles. The average molecular weight is 226 g/mol. The van der Waals surface area contributed by atoms with E-state index in [0.717, 1.165) is 16.5 Å². The predicted octanol–water partition coefficient (Wildman–Crippen LogP) is 1.91. The number of anilines is 2. The van der Waals surface area contributed by atoms with Gasteiger partial charge in [0.15, 0.2) is 10.3 Å². The Morgan fingerprint density at radius 1 is 1.14 bits per heavy atom. The molecule has 2 N–H and O–H groups in total. The maximum absolute atomic E-state index is 5.56. The molecule has 0 aliphatic heterocycles. The van der Waals surface area contributed by atoms with Crippen molar-refractivity contribution in [2.24, 2.45) is 0 Å². The lowest BCUT2D eigenvalue weighted by molar-refractivity contribution is 1.10. The molecule has 2 rings (SSSR count). The highest BCUT2D eigenvalue weighted by molar-refractivity contribution is 7.14. The van der Waals surface area contributed by atoms with Gasteiger partial charge in [0, 0.05) is 24.9 Å². The molecule has 0 radical (unpaired) electrons. The lowest BCUT2D eigenvalue weighted by Gasteiger charge is -2.05. The third-order valence-electron chi connectivity index (χ3n) is 1.66. The third-order valence-corrected chi connectivity index (χ3v) is 3.34. The van der Waals surface area contributed by atoms with Gasteiger partial charge in [-0.25, -0.2) is 9.97 Å². The second kappa shape index (κ2) is 3.55. The van der Waals surface area contributed by atoms with Gasteiger partial charge in [0.1, 0.15) is 11.4 Å². The topological polar surface area (TPSA) is 55.0 Å². The first-order valence-electron chi connectivity index (χ1n) is 4.01. The van der Waals surface area contributed by atoms with Gasteiger partial charge in [0.05, 0.1) is 0 Å². The third kappa shape index (κ3) is 1.71. The van der Waals surface area contributed by atoms with E-state index in [0.29, 0.717) is 5.13 Å². The van der Waals surface area contributed by atoms with Gasteiger partial charge < -0.3 is 10.6 Å². The number of nitrogens with two attached hydrogens (primary N) is 1. The summed E-state index contributed by atoms with van der Waals surface area (Å²) in [6, 6.07) is 0. The molecule has 0 aliphatic carbocycles.